The quantitative estimate of drug-likeness (QED) is 0.884. The molecule has 2 N–H and O–H groups in total. The van der Waals surface area contributed by atoms with Crippen molar-refractivity contribution in [3.63, 3.8) is 0 Å². The van der Waals surface area contributed by atoms with Crippen molar-refractivity contribution in [3.8, 4) is 5.75 Å². The Labute approximate surface area is 111 Å². The first-order valence-electron chi connectivity index (χ1n) is 6.34. The van der Waals surface area contributed by atoms with Crippen LogP contribution >= 0.6 is 0 Å². The second-order valence-electron chi connectivity index (χ2n) is 4.76. The van der Waals surface area contributed by atoms with Crippen LogP contribution in [0.3, 0.4) is 0 Å². The Kier molecular flexibility index (Phi) is 2.99. The number of aromatic amines is 1. The molecule has 1 aliphatic heterocycles. The van der Waals surface area contributed by atoms with Crippen molar-refractivity contribution in [2.75, 3.05) is 6.61 Å². The number of H-pyrrole nitrogens is 1. The Hall–Kier alpha value is -2.23. The predicted molar refractivity (Wildman–Crippen MR) is 70.5 cm³/mol. The van der Waals surface area contributed by atoms with E-state index in [1.54, 1.807) is 0 Å². The standard InChI is InChI=1S/C15H15NO3/c17-15(18)8-13(12-3-5-16-9-12)10-1-2-14-11(7-10)4-6-19-14/h1-3,5,7,9,13,16H,4,6,8H2,(H,17,18). The van der Waals surface area contributed by atoms with Crippen molar-refractivity contribution in [1.82, 2.24) is 4.98 Å². The number of benzene rings is 1. The van der Waals surface area contributed by atoms with Gasteiger partial charge in [0.1, 0.15) is 5.75 Å². The molecule has 4 heteroatoms. The highest BCUT2D eigenvalue weighted by molar-refractivity contribution is 5.69. The van der Waals surface area contributed by atoms with Crippen molar-refractivity contribution in [2.24, 2.45) is 0 Å². The van der Waals surface area contributed by atoms with Gasteiger partial charge in [-0.05, 0) is 28.8 Å². The van der Waals surface area contributed by atoms with Gasteiger partial charge in [-0.2, -0.15) is 0 Å². The topological polar surface area (TPSA) is 62.3 Å². The lowest BCUT2D eigenvalue weighted by Crippen LogP contribution is -2.07. The van der Waals surface area contributed by atoms with Gasteiger partial charge in [-0.1, -0.05) is 12.1 Å². The van der Waals surface area contributed by atoms with Crippen LogP contribution in [0.1, 0.15) is 29.0 Å². The number of fused-ring (bicyclic) bond motifs is 1. The molecule has 19 heavy (non-hydrogen) atoms. The maximum Gasteiger partial charge on any atom is 0.304 e. The third-order valence-corrected chi connectivity index (χ3v) is 3.52. The number of carboxylic acids is 1. The smallest absolute Gasteiger partial charge is 0.304 e. The van der Waals surface area contributed by atoms with E-state index in [2.05, 4.69) is 11.1 Å². The Bertz CT molecular complexity index is 589. The molecule has 3 rings (SSSR count). The number of hydrogen-bond donors (Lipinski definition) is 2. The fourth-order valence-corrected chi connectivity index (χ4v) is 2.58. The van der Waals surface area contributed by atoms with E-state index in [0.29, 0.717) is 6.61 Å². The number of aliphatic carboxylic acids is 1. The Balaban J connectivity index is 1.97. The molecular weight excluding hydrogens is 242 g/mol. The van der Waals surface area contributed by atoms with Crippen molar-refractivity contribution in [1.29, 1.82) is 0 Å². The lowest BCUT2D eigenvalue weighted by molar-refractivity contribution is -0.137. The first-order valence-corrected chi connectivity index (χ1v) is 6.34. The number of hydrogen-bond acceptors (Lipinski definition) is 2. The van der Waals surface area contributed by atoms with Crippen molar-refractivity contribution >= 4 is 5.97 Å². The van der Waals surface area contributed by atoms with E-state index in [-0.39, 0.29) is 12.3 Å². The maximum absolute atomic E-state index is 11.1. The number of ether oxygens (including phenoxy) is 1. The third-order valence-electron chi connectivity index (χ3n) is 3.52. The molecule has 98 valence electrons. The molecule has 0 saturated heterocycles. The number of rotatable bonds is 4. The number of carbonyl (C=O) groups is 1. The molecule has 2 heterocycles. The van der Waals surface area contributed by atoms with E-state index in [0.717, 1.165) is 23.3 Å². The Morgan fingerprint density at radius 1 is 1.37 bits per heavy atom. The summed E-state index contributed by atoms with van der Waals surface area (Å²) in [5, 5.41) is 9.10. The van der Waals surface area contributed by atoms with Crippen LogP contribution in [-0.4, -0.2) is 22.7 Å². The van der Waals surface area contributed by atoms with Crippen LogP contribution in [0, 0.1) is 0 Å². The van der Waals surface area contributed by atoms with Gasteiger partial charge in [0, 0.05) is 24.7 Å². The maximum atomic E-state index is 11.1. The van der Waals surface area contributed by atoms with Crippen LogP contribution < -0.4 is 4.74 Å². The van der Waals surface area contributed by atoms with E-state index >= 15 is 0 Å². The lowest BCUT2D eigenvalue weighted by Gasteiger charge is -2.15. The summed E-state index contributed by atoms with van der Waals surface area (Å²) in [6, 6.07) is 7.91. The monoisotopic (exact) mass is 257 g/mol. The molecule has 2 aromatic rings. The summed E-state index contributed by atoms with van der Waals surface area (Å²) in [5.74, 6) is 0.0180. The van der Waals surface area contributed by atoms with Gasteiger partial charge in [0.05, 0.1) is 13.0 Å². The van der Waals surface area contributed by atoms with Crippen molar-refractivity contribution in [3.05, 3.63) is 53.3 Å². The largest absolute Gasteiger partial charge is 0.493 e. The van der Waals surface area contributed by atoms with E-state index in [1.165, 1.54) is 5.56 Å². The molecule has 0 radical (unpaired) electrons. The van der Waals surface area contributed by atoms with Crippen LogP contribution in [0.4, 0.5) is 0 Å². The fourth-order valence-electron chi connectivity index (χ4n) is 2.58. The summed E-state index contributed by atoms with van der Waals surface area (Å²) in [4.78, 5) is 14.1. The van der Waals surface area contributed by atoms with Gasteiger partial charge in [0.15, 0.2) is 0 Å². The second kappa shape index (κ2) is 4.80. The van der Waals surface area contributed by atoms with Gasteiger partial charge >= 0.3 is 5.97 Å². The molecule has 4 nitrogen and oxygen atoms in total. The predicted octanol–water partition coefficient (Wildman–Crippen LogP) is 2.56. The highest BCUT2D eigenvalue weighted by Gasteiger charge is 2.21. The zero-order chi connectivity index (χ0) is 13.2. The van der Waals surface area contributed by atoms with Crippen LogP contribution in [0.2, 0.25) is 0 Å². The van der Waals surface area contributed by atoms with Gasteiger partial charge in [-0.25, -0.2) is 0 Å². The third kappa shape index (κ3) is 2.34. The van der Waals surface area contributed by atoms with Crippen molar-refractivity contribution < 1.29 is 14.6 Å². The Morgan fingerprint density at radius 3 is 3.00 bits per heavy atom. The van der Waals surface area contributed by atoms with Gasteiger partial charge < -0.3 is 14.8 Å². The molecule has 0 spiro atoms. The average Bonchev–Trinajstić information content (AvgIpc) is 3.06. The highest BCUT2D eigenvalue weighted by atomic mass is 16.5. The molecular formula is C15H15NO3. The van der Waals surface area contributed by atoms with Gasteiger partial charge in [0.2, 0.25) is 0 Å². The molecule has 1 aromatic heterocycles. The van der Waals surface area contributed by atoms with Gasteiger partial charge in [-0.15, -0.1) is 0 Å². The van der Waals surface area contributed by atoms with Gasteiger partial charge in [0.25, 0.3) is 0 Å². The highest BCUT2D eigenvalue weighted by Crippen LogP contribution is 2.33. The summed E-state index contributed by atoms with van der Waals surface area (Å²) >= 11 is 0. The molecule has 1 aromatic carbocycles. The molecule has 0 saturated carbocycles. The molecule has 1 atom stereocenters. The van der Waals surface area contributed by atoms with Crippen LogP contribution in [-0.2, 0) is 11.2 Å². The van der Waals surface area contributed by atoms with Crippen LogP contribution in [0.5, 0.6) is 5.75 Å². The normalized spacial score (nSPS) is 14.7. The minimum absolute atomic E-state index is 0.0947. The van der Waals surface area contributed by atoms with Gasteiger partial charge in [-0.3, -0.25) is 4.79 Å². The van der Waals surface area contributed by atoms with E-state index < -0.39 is 5.97 Å². The summed E-state index contributed by atoms with van der Waals surface area (Å²) in [7, 11) is 0. The molecule has 0 amide bonds. The number of aromatic nitrogens is 1. The number of nitrogens with one attached hydrogen (secondary N) is 1. The Morgan fingerprint density at radius 2 is 2.26 bits per heavy atom. The summed E-state index contributed by atoms with van der Waals surface area (Å²) in [6.45, 7) is 0.715. The molecule has 0 fully saturated rings. The zero-order valence-electron chi connectivity index (χ0n) is 10.4. The molecule has 1 aliphatic rings. The zero-order valence-corrected chi connectivity index (χ0v) is 10.4. The summed E-state index contributed by atoms with van der Waals surface area (Å²) < 4.78 is 5.48. The van der Waals surface area contributed by atoms with Crippen molar-refractivity contribution in [2.45, 2.75) is 18.8 Å². The average molecular weight is 257 g/mol. The summed E-state index contributed by atoms with van der Waals surface area (Å²) in [6.07, 6.45) is 4.67. The first kappa shape index (κ1) is 11.8. The lowest BCUT2D eigenvalue weighted by atomic mass is 9.89. The first-order chi connectivity index (χ1) is 9.24. The number of carboxylic acid groups (broad SMARTS) is 1. The SMILES string of the molecule is O=C(O)CC(c1cc[nH]c1)c1ccc2c(c1)CCO2. The minimum Gasteiger partial charge on any atom is -0.493 e. The molecule has 0 aliphatic carbocycles. The van der Waals surface area contributed by atoms with E-state index in [9.17, 15) is 4.79 Å². The van der Waals surface area contributed by atoms with E-state index in [4.69, 9.17) is 9.84 Å². The minimum atomic E-state index is -0.789. The second-order valence-corrected chi connectivity index (χ2v) is 4.76. The van der Waals surface area contributed by atoms with E-state index in [1.807, 2.05) is 30.6 Å². The summed E-state index contributed by atoms with van der Waals surface area (Å²) in [5.41, 5.74) is 3.20. The van der Waals surface area contributed by atoms with Crippen LogP contribution in [0.15, 0.2) is 36.7 Å². The van der Waals surface area contributed by atoms with Crippen LogP contribution in [0.25, 0.3) is 0 Å². The molecule has 1 unspecified atom stereocenters. The molecule has 0 bridgehead atoms. The fraction of sp³-hybridized carbons (Fsp3) is 0.267.